The average molecular weight is 301 g/mol. The van der Waals surface area contributed by atoms with E-state index in [0.717, 1.165) is 17.4 Å². The number of rotatable bonds is 4. The van der Waals surface area contributed by atoms with E-state index in [0.29, 0.717) is 25.1 Å². The van der Waals surface area contributed by atoms with Crippen molar-refractivity contribution in [1.29, 1.82) is 0 Å². The molecule has 0 radical (unpaired) electrons. The number of amides is 1. The van der Waals surface area contributed by atoms with Crippen molar-refractivity contribution in [2.45, 2.75) is 6.42 Å². The highest BCUT2D eigenvalue weighted by Crippen LogP contribution is 2.22. The fraction of sp³-hybridized carbons (Fsp3) is 0.267. The summed E-state index contributed by atoms with van der Waals surface area (Å²) in [5.41, 5.74) is 1.46. The van der Waals surface area contributed by atoms with Crippen molar-refractivity contribution in [2.75, 3.05) is 24.5 Å². The van der Waals surface area contributed by atoms with Crippen LogP contribution in [0.15, 0.2) is 35.7 Å². The molecule has 2 aromatic rings. The summed E-state index contributed by atoms with van der Waals surface area (Å²) < 4.78 is 0. The topological polar surface area (TPSA) is 62.3 Å². The van der Waals surface area contributed by atoms with Crippen molar-refractivity contribution in [1.82, 2.24) is 10.3 Å². The predicted molar refractivity (Wildman–Crippen MR) is 81.8 cm³/mol. The Kier molecular flexibility index (Phi) is 3.96. The molecule has 0 atom stereocenters. The molecule has 1 aliphatic rings. The summed E-state index contributed by atoms with van der Waals surface area (Å²) in [6.07, 6.45) is 0.292. The molecule has 5 nitrogen and oxygen atoms in total. The average Bonchev–Trinajstić information content (AvgIpc) is 2.97. The smallest absolute Gasteiger partial charge is 0.239 e. The Balaban J connectivity index is 1.68. The number of anilines is 1. The maximum absolute atomic E-state index is 12.1. The first kappa shape index (κ1) is 13.8. The van der Waals surface area contributed by atoms with Gasteiger partial charge in [0.15, 0.2) is 10.9 Å². The largest absolute Gasteiger partial charge is 0.353 e. The van der Waals surface area contributed by atoms with Gasteiger partial charge in [-0.15, -0.1) is 11.3 Å². The quantitative estimate of drug-likeness (QED) is 0.870. The number of nitrogens with zero attached hydrogens (tertiary/aromatic N) is 2. The van der Waals surface area contributed by atoms with Crippen molar-refractivity contribution >= 4 is 28.2 Å². The molecule has 6 heteroatoms. The second-order valence-electron chi connectivity index (χ2n) is 4.86. The fourth-order valence-electron chi connectivity index (χ4n) is 2.22. The zero-order valence-corrected chi connectivity index (χ0v) is 12.2. The molecule has 1 aliphatic heterocycles. The molecular weight excluding hydrogens is 286 g/mol. The van der Waals surface area contributed by atoms with E-state index in [1.165, 1.54) is 11.3 Å². The minimum Gasteiger partial charge on any atom is -0.353 e. The van der Waals surface area contributed by atoms with Gasteiger partial charge in [0.2, 0.25) is 5.91 Å². The van der Waals surface area contributed by atoms with Gasteiger partial charge in [0.25, 0.3) is 0 Å². The molecule has 1 fully saturated rings. The molecule has 0 aliphatic carbocycles. The number of piperazine rings is 1. The minimum atomic E-state index is 0.0124. The van der Waals surface area contributed by atoms with Gasteiger partial charge in [-0.2, -0.15) is 0 Å². The lowest BCUT2D eigenvalue weighted by Crippen LogP contribution is -2.47. The zero-order chi connectivity index (χ0) is 14.7. The highest BCUT2D eigenvalue weighted by Gasteiger charge is 2.19. The summed E-state index contributed by atoms with van der Waals surface area (Å²) in [7, 11) is 0. The number of hydrogen-bond acceptors (Lipinski definition) is 5. The van der Waals surface area contributed by atoms with Gasteiger partial charge >= 0.3 is 0 Å². The Bertz CT molecular complexity index is 654. The van der Waals surface area contributed by atoms with E-state index >= 15 is 0 Å². The standard InChI is InChI=1S/C15H15N3O2S/c19-13(11-4-2-1-3-5-11)8-12-10-21-15(17-12)18-7-6-16-14(20)9-18/h1-5,10H,6-9H2,(H,16,20). The highest BCUT2D eigenvalue weighted by molar-refractivity contribution is 7.13. The van der Waals surface area contributed by atoms with E-state index in [2.05, 4.69) is 10.3 Å². The summed E-state index contributed by atoms with van der Waals surface area (Å²) in [5, 5.41) is 5.48. The van der Waals surface area contributed by atoms with Crippen molar-refractivity contribution in [3.05, 3.63) is 47.0 Å². The van der Waals surface area contributed by atoms with Crippen LogP contribution in [-0.4, -0.2) is 36.3 Å². The van der Waals surface area contributed by atoms with Crippen LogP contribution in [0.4, 0.5) is 5.13 Å². The zero-order valence-electron chi connectivity index (χ0n) is 11.4. The lowest BCUT2D eigenvalue weighted by molar-refractivity contribution is -0.120. The van der Waals surface area contributed by atoms with E-state index in [1.54, 1.807) is 0 Å². The number of ketones is 1. The molecule has 0 saturated carbocycles. The van der Waals surface area contributed by atoms with Gasteiger partial charge in [-0.3, -0.25) is 9.59 Å². The molecule has 1 aromatic carbocycles. The number of carbonyl (C=O) groups is 2. The summed E-state index contributed by atoms with van der Waals surface area (Å²) >= 11 is 1.48. The minimum absolute atomic E-state index is 0.0124. The fourth-order valence-corrected chi connectivity index (χ4v) is 3.07. The van der Waals surface area contributed by atoms with Crippen molar-refractivity contribution in [2.24, 2.45) is 0 Å². The number of thiazole rings is 1. The van der Waals surface area contributed by atoms with Crippen LogP contribution in [0, 0.1) is 0 Å². The van der Waals surface area contributed by atoms with E-state index in [9.17, 15) is 9.59 Å². The molecule has 0 bridgehead atoms. The molecule has 2 heterocycles. The second-order valence-corrected chi connectivity index (χ2v) is 5.70. The van der Waals surface area contributed by atoms with Gasteiger partial charge in [-0.1, -0.05) is 30.3 Å². The third-order valence-corrected chi connectivity index (χ3v) is 4.24. The van der Waals surface area contributed by atoms with Crippen LogP contribution in [0.5, 0.6) is 0 Å². The highest BCUT2D eigenvalue weighted by atomic mass is 32.1. The molecule has 0 spiro atoms. The Morgan fingerprint density at radius 2 is 2.14 bits per heavy atom. The number of benzene rings is 1. The first-order valence-electron chi connectivity index (χ1n) is 6.76. The Morgan fingerprint density at radius 3 is 2.90 bits per heavy atom. The normalized spacial score (nSPS) is 14.9. The van der Waals surface area contributed by atoms with Crippen LogP contribution >= 0.6 is 11.3 Å². The lowest BCUT2D eigenvalue weighted by Gasteiger charge is -2.25. The molecule has 1 aromatic heterocycles. The maximum atomic E-state index is 12.1. The van der Waals surface area contributed by atoms with Crippen LogP contribution in [0.1, 0.15) is 16.1 Å². The van der Waals surface area contributed by atoms with Gasteiger partial charge < -0.3 is 10.2 Å². The van der Waals surface area contributed by atoms with Gasteiger partial charge in [0, 0.05) is 24.0 Å². The second kappa shape index (κ2) is 6.05. The predicted octanol–water partition coefficient (Wildman–Crippen LogP) is 1.50. The van der Waals surface area contributed by atoms with E-state index < -0.39 is 0 Å². The van der Waals surface area contributed by atoms with Gasteiger partial charge in [-0.05, 0) is 0 Å². The number of nitrogens with one attached hydrogen (secondary N) is 1. The van der Waals surface area contributed by atoms with E-state index in [4.69, 9.17) is 0 Å². The van der Waals surface area contributed by atoms with Gasteiger partial charge in [0.1, 0.15) is 0 Å². The summed E-state index contributed by atoms with van der Waals surface area (Å²) in [4.78, 5) is 29.9. The molecule has 1 saturated heterocycles. The molecule has 3 rings (SSSR count). The SMILES string of the molecule is O=C1CN(c2nc(CC(=O)c3ccccc3)cs2)CCN1. The van der Waals surface area contributed by atoms with Gasteiger partial charge in [-0.25, -0.2) is 4.98 Å². The van der Waals surface area contributed by atoms with Crippen molar-refractivity contribution in [3.63, 3.8) is 0 Å². The Hall–Kier alpha value is -2.21. The molecular formula is C15H15N3O2S. The van der Waals surface area contributed by atoms with Crippen molar-refractivity contribution < 1.29 is 9.59 Å². The third-order valence-electron chi connectivity index (χ3n) is 3.29. The third kappa shape index (κ3) is 3.28. The first-order chi connectivity index (χ1) is 10.2. The van der Waals surface area contributed by atoms with Crippen LogP contribution in [0.2, 0.25) is 0 Å². The van der Waals surface area contributed by atoms with Crippen LogP contribution in [0.3, 0.4) is 0 Å². The van der Waals surface area contributed by atoms with Crippen molar-refractivity contribution in [3.8, 4) is 0 Å². The maximum Gasteiger partial charge on any atom is 0.239 e. The molecule has 108 valence electrons. The Labute approximate surface area is 126 Å². The monoisotopic (exact) mass is 301 g/mol. The first-order valence-corrected chi connectivity index (χ1v) is 7.64. The molecule has 1 N–H and O–H groups in total. The number of carbonyl (C=O) groups excluding carboxylic acids is 2. The molecule has 21 heavy (non-hydrogen) atoms. The van der Waals surface area contributed by atoms with E-state index in [1.807, 2.05) is 40.6 Å². The molecule has 0 unspecified atom stereocenters. The summed E-state index contributed by atoms with van der Waals surface area (Å²) in [6.45, 7) is 1.72. The Morgan fingerprint density at radius 1 is 1.33 bits per heavy atom. The summed E-state index contributed by atoms with van der Waals surface area (Å²) in [5.74, 6) is 0.0715. The van der Waals surface area contributed by atoms with E-state index in [-0.39, 0.29) is 11.7 Å². The lowest BCUT2D eigenvalue weighted by atomic mass is 10.1. The number of hydrogen-bond donors (Lipinski definition) is 1. The number of Topliss-reactive ketones (excluding diaryl/α,β-unsaturated/α-hetero) is 1. The van der Waals surface area contributed by atoms with Crippen LogP contribution < -0.4 is 10.2 Å². The number of aromatic nitrogens is 1. The van der Waals surface area contributed by atoms with Gasteiger partial charge in [0.05, 0.1) is 18.7 Å². The van der Waals surface area contributed by atoms with Crippen LogP contribution in [-0.2, 0) is 11.2 Å². The van der Waals surface area contributed by atoms with Crippen LogP contribution in [0.25, 0.3) is 0 Å². The molecule has 1 amide bonds. The summed E-state index contributed by atoms with van der Waals surface area (Å²) in [6, 6.07) is 9.21.